The van der Waals surface area contributed by atoms with Crippen molar-refractivity contribution in [3.05, 3.63) is 42.4 Å². The summed E-state index contributed by atoms with van der Waals surface area (Å²) in [4.78, 5) is 14.3. The first-order valence-corrected chi connectivity index (χ1v) is 10.5. The van der Waals surface area contributed by atoms with Gasteiger partial charge in [0.15, 0.2) is 11.5 Å². The normalized spacial score (nSPS) is 14.8. The summed E-state index contributed by atoms with van der Waals surface area (Å²) >= 11 is 0. The number of furan rings is 1. The standard InChI is InChI=1S/C19H24N2O7S/c1-25-17-6-5-16(12-18(17)26-2)29(23,24)21(13-15-4-3-9-28-15)14-19(22)20-7-10-27-11-8-20/h3-6,9,12H,7-8,10-11,13-14H2,1-2H3. The summed E-state index contributed by atoms with van der Waals surface area (Å²) in [5, 5.41) is 0. The highest BCUT2D eigenvalue weighted by molar-refractivity contribution is 7.89. The maximum Gasteiger partial charge on any atom is 0.244 e. The lowest BCUT2D eigenvalue weighted by Crippen LogP contribution is -2.46. The molecule has 1 aromatic heterocycles. The second-order valence-electron chi connectivity index (χ2n) is 6.36. The molecule has 1 aromatic carbocycles. The molecule has 29 heavy (non-hydrogen) atoms. The lowest BCUT2D eigenvalue weighted by Gasteiger charge is -2.29. The van der Waals surface area contributed by atoms with E-state index in [1.165, 1.54) is 38.7 Å². The van der Waals surface area contributed by atoms with Crippen LogP contribution in [0.4, 0.5) is 0 Å². The minimum Gasteiger partial charge on any atom is -0.493 e. The molecule has 2 aromatic rings. The van der Waals surface area contributed by atoms with Gasteiger partial charge in [-0.3, -0.25) is 4.79 Å². The van der Waals surface area contributed by atoms with E-state index < -0.39 is 10.0 Å². The Hall–Kier alpha value is -2.56. The van der Waals surface area contributed by atoms with Crippen LogP contribution in [0.15, 0.2) is 45.9 Å². The monoisotopic (exact) mass is 424 g/mol. The highest BCUT2D eigenvalue weighted by Crippen LogP contribution is 2.31. The van der Waals surface area contributed by atoms with Gasteiger partial charge < -0.3 is 23.5 Å². The fourth-order valence-corrected chi connectivity index (χ4v) is 4.36. The zero-order valence-electron chi connectivity index (χ0n) is 16.4. The largest absolute Gasteiger partial charge is 0.493 e. The van der Waals surface area contributed by atoms with E-state index in [1.807, 2.05) is 0 Å². The van der Waals surface area contributed by atoms with Gasteiger partial charge in [0, 0.05) is 19.2 Å². The average molecular weight is 424 g/mol. The second kappa shape index (κ2) is 9.29. The Morgan fingerprint density at radius 2 is 1.86 bits per heavy atom. The second-order valence-corrected chi connectivity index (χ2v) is 8.30. The summed E-state index contributed by atoms with van der Waals surface area (Å²) < 4.78 is 48.7. The van der Waals surface area contributed by atoms with E-state index in [-0.39, 0.29) is 29.6 Å². The molecule has 9 nitrogen and oxygen atoms in total. The maximum atomic E-state index is 13.3. The first-order chi connectivity index (χ1) is 14.0. The topological polar surface area (TPSA) is 98.5 Å². The minimum atomic E-state index is -4.01. The number of ether oxygens (including phenoxy) is 3. The van der Waals surface area contributed by atoms with E-state index >= 15 is 0 Å². The summed E-state index contributed by atoms with van der Waals surface area (Å²) in [6, 6.07) is 7.64. The van der Waals surface area contributed by atoms with Gasteiger partial charge in [-0.25, -0.2) is 8.42 Å². The summed E-state index contributed by atoms with van der Waals surface area (Å²) in [5.74, 6) is 0.840. The van der Waals surface area contributed by atoms with Crippen LogP contribution in [0.2, 0.25) is 0 Å². The number of benzene rings is 1. The minimum absolute atomic E-state index is 0.00326. The van der Waals surface area contributed by atoms with Crippen LogP contribution < -0.4 is 9.47 Å². The fourth-order valence-electron chi connectivity index (χ4n) is 2.99. The van der Waals surface area contributed by atoms with Crippen molar-refractivity contribution in [2.24, 2.45) is 0 Å². The summed E-state index contributed by atoms with van der Waals surface area (Å²) in [7, 11) is -1.11. The molecular formula is C19H24N2O7S. The van der Waals surface area contributed by atoms with E-state index in [9.17, 15) is 13.2 Å². The van der Waals surface area contributed by atoms with E-state index in [2.05, 4.69) is 0 Å². The first-order valence-electron chi connectivity index (χ1n) is 9.06. The number of hydrogen-bond donors (Lipinski definition) is 0. The third kappa shape index (κ3) is 4.89. The molecule has 0 atom stereocenters. The van der Waals surface area contributed by atoms with Gasteiger partial charge in [0.25, 0.3) is 0 Å². The predicted molar refractivity (Wildman–Crippen MR) is 103 cm³/mol. The molecule has 0 spiro atoms. The van der Waals surface area contributed by atoms with Crippen molar-refractivity contribution in [2.75, 3.05) is 47.1 Å². The van der Waals surface area contributed by atoms with Crippen molar-refractivity contribution in [1.82, 2.24) is 9.21 Å². The molecule has 1 fully saturated rings. The molecule has 1 aliphatic rings. The average Bonchev–Trinajstić information content (AvgIpc) is 3.26. The molecule has 0 unspecified atom stereocenters. The van der Waals surface area contributed by atoms with Gasteiger partial charge in [0.2, 0.25) is 15.9 Å². The molecule has 0 radical (unpaired) electrons. The Morgan fingerprint density at radius 3 is 2.48 bits per heavy atom. The molecule has 1 amide bonds. The number of methoxy groups -OCH3 is 2. The molecule has 0 N–H and O–H groups in total. The molecule has 10 heteroatoms. The van der Waals surface area contributed by atoms with Crippen molar-refractivity contribution in [1.29, 1.82) is 0 Å². The van der Waals surface area contributed by atoms with Gasteiger partial charge in [0.1, 0.15) is 5.76 Å². The summed E-state index contributed by atoms with van der Waals surface area (Å²) in [6.45, 7) is 1.36. The third-order valence-corrected chi connectivity index (χ3v) is 6.37. The fraction of sp³-hybridized carbons (Fsp3) is 0.421. The number of amides is 1. The van der Waals surface area contributed by atoms with Gasteiger partial charge >= 0.3 is 0 Å². The lowest BCUT2D eigenvalue weighted by molar-refractivity contribution is -0.135. The van der Waals surface area contributed by atoms with Crippen LogP contribution in [0, 0.1) is 0 Å². The Labute approximate surface area is 169 Å². The predicted octanol–water partition coefficient (Wildman–Crippen LogP) is 1.35. The zero-order chi connectivity index (χ0) is 20.9. The smallest absolute Gasteiger partial charge is 0.244 e. The van der Waals surface area contributed by atoms with Crippen LogP contribution in [0.1, 0.15) is 5.76 Å². The molecule has 1 saturated heterocycles. The van der Waals surface area contributed by atoms with Gasteiger partial charge in [-0.15, -0.1) is 0 Å². The highest BCUT2D eigenvalue weighted by Gasteiger charge is 2.30. The Balaban J connectivity index is 1.90. The first kappa shape index (κ1) is 21.2. The van der Waals surface area contributed by atoms with Gasteiger partial charge in [-0.05, 0) is 24.3 Å². The van der Waals surface area contributed by atoms with E-state index in [1.54, 1.807) is 17.0 Å². The number of morpholine rings is 1. The molecule has 0 saturated carbocycles. The Kier molecular flexibility index (Phi) is 6.78. The SMILES string of the molecule is COc1ccc(S(=O)(=O)N(CC(=O)N2CCOCC2)Cc2ccco2)cc1OC. The van der Waals surface area contributed by atoms with Gasteiger partial charge in [0.05, 0.1) is 51.7 Å². The molecule has 158 valence electrons. The molecular weight excluding hydrogens is 400 g/mol. The molecule has 0 aliphatic carbocycles. The van der Waals surface area contributed by atoms with Crippen molar-refractivity contribution in [2.45, 2.75) is 11.4 Å². The number of nitrogens with zero attached hydrogens (tertiary/aromatic N) is 2. The molecule has 3 rings (SSSR count). The Bertz CT molecular complexity index is 922. The third-order valence-electron chi connectivity index (χ3n) is 4.58. The van der Waals surface area contributed by atoms with E-state index in [0.717, 1.165) is 4.31 Å². The maximum absolute atomic E-state index is 13.3. The number of rotatable bonds is 8. The number of sulfonamides is 1. The summed E-state index contributed by atoms with van der Waals surface area (Å²) in [5.41, 5.74) is 0. The number of hydrogen-bond acceptors (Lipinski definition) is 7. The van der Waals surface area contributed by atoms with Gasteiger partial charge in [-0.1, -0.05) is 0 Å². The highest BCUT2D eigenvalue weighted by atomic mass is 32.2. The van der Waals surface area contributed by atoms with E-state index in [0.29, 0.717) is 37.8 Å². The van der Waals surface area contributed by atoms with Gasteiger partial charge in [-0.2, -0.15) is 4.31 Å². The molecule has 0 bridgehead atoms. The zero-order valence-corrected chi connectivity index (χ0v) is 17.2. The van der Waals surface area contributed by atoms with Crippen LogP contribution in [0.5, 0.6) is 11.5 Å². The van der Waals surface area contributed by atoms with Crippen LogP contribution in [-0.2, 0) is 26.1 Å². The van der Waals surface area contributed by atoms with Crippen molar-refractivity contribution in [3.63, 3.8) is 0 Å². The number of carbonyl (C=O) groups is 1. The summed E-state index contributed by atoms with van der Waals surface area (Å²) in [6.07, 6.45) is 1.46. The van der Waals surface area contributed by atoms with Crippen LogP contribution in [0.3, 0.4) is 0 Å². The molecule has 2 heterocycles. The Morgan fingerprint density at radius 1 is 1.14 bits per heavy atom. The van der Waals surface area contributed by atoms with Crippen LogP contribution in [0.25, 0.3) is 0 Å². The quantitative estimate of drug-likeness (QED) is 0.631. The van der Waals surface area contributed by atoms with Crippen molar-refractivity contribution in [3.8, 4) is 11.5 Å². The van der Waals surface area contributed by atoms with Crippen LogP contribution in [-0.4, -0.2) is 70.6 Å². The number of carbonyl (C=O) groups excluding carboxylic acids is 1. The lowest BCUT2D eigenvalue weighted by atomic mass is 10.3. The van der Waals surface area contributed by atoms with Crippen molar-refractivity contribution >= 4 is 15.9 Å². The van der Waals surface area contributed by atoms with Crippen molar-refractivity contribution < 1.29 is 31.8 Å². The van der Waals surface area contributed by atoms with E-state index in [4.69, 9.17) is 18.6 Å². The molecule has 1 aliphatic heterocycles. The van der Waals surface area contributed by atoms with Crippen LogP contribution >= 0.6 is 0 Å².